The molecule has 4 aromatic rings. The molecule has 2 atom stereocenters. The fourth-order valence-corrected chi connectivity index (χ4v) is 5.23. The van der Waals surface area contributed by atoms with Gasteiger partial charge in [0.1, 0.15) is 11.6 Å². The monoisotopic (exact) mass is 521 g/mol. The van der Waals surface area contributed by atoms with Crippen LogP contribution in [0.15, 0.2) is 72.0 Å². The first kappa shape index (κ1) is 25.6. The van der Waals surface area contributed by atoms with Gasteiger partial charge in [0, 0.05) is 17.8 Å². The molecular weight excluding hydrogens is 491 g/mol. The summed E-state index contributed by atoms with van der Waals surface area (Å²) in [5, 5.41) is 17.6. The number of aromatic hydroxyl groups is 1. The Labute approximate surface area is 219 Å². The third-order valence-electron chi connectivity index (χ3n) is 7.22. The number of hydrogen-bond acceptors (Lipinski definition) is 4. The van der Waals surface area contributed by atoms with Crippen LogP contribution in [0.5, 0.6) is 5.75 Å². The zero-order chi connectivity index (χ0) is 26.9. The number of aryl methyl sites for hydroxylation is 1. The third kappa shape index (κ3) is 5.18. The number of alkyl halides is 3. The highest BCUT2D eigenvalue weighted by atomic mass is 19.4. The summed E-state index contributed by atoms with van der Waals surface area (Å²) in [6.45, 7) is 1.94. The lowest BCUT2D eigenvalue weighted by atomic mass is 9.83. The highest BCUT2D eigenvalue weighted by Gasteiger charge is 2.45. The Morgan fingerprint density at radius 3 is 2.61 bits per heavy atom. The van der Waals surface area contributed by atoms with Gasteiger partial charge in [-0.15, -0.1) is 0 Å². The van der Waals surface area contributed by atoms with Gasteiger partial charge in [-0.1, -0.05) is 50.1 Å². The molecule has 198 valence electrons. The first-order valence-electron chi connectivity index (χ1n) is 12.8. The van der Waals surface area contributed by atoms with Gasteiger partial charge in [0.05, 0.1) is 34.6 Å². The number of amidine groups is 1. The Morgan fingerprint density at radius 2 is 1.87 bits per heavy atom. The fraction of sp³-hybridized carbons (Fsp3) is 0.310. The number of rotatable bonds is 6. The maximum Gasteiger partial charge on any atom is 0.393 e. The molecule has 6 nitrogen and oxygen atoms in total. The maximum absolute atomic E-state index is 14.0. The molecule has 0 bridgehead atoms. The molecule has 38 heavy (non-hydrogen) atoms. The van der Waals surface area contributed by atoms with Crippen LogP contribution in [-0.4, -0.2) is 32.8 Å². The number of phenols is 1. The van der Waals surface area contributed by atoms with Gasteiger partial charge in [0.2, 0.25) is 0 Å². The van der Waals surface area contributed by atoms with Crippen molar-refractivity contribution in [2.24, 2.45) is 16.6 Å². The minimum atomic E-state index is -4.31. The predicted octanol–water partition coefficient (Wildman–Crippen LogP) is 6.84. The Bertz CT molecular complexity index is 1460. The minimum absolute atomic E-state index is 0.0884. The molecule has 5 rings (SSSR count). The summed E-state index contributed by atoms with van der Waals surface area (Å²) < 4.78 is 43.6. The molecule has 0 saturated heterocycles. The van der Waals surface area contributed by atoms with E-state index in [4.69, 9.17) is 5.73 Å². The largest absolute Gasteiger partial charge is 0.508 e. The van der Waals surface area contributed by atoms with Gasteiger partial charge < -0.3 is 16.2 Å². The lowest BCUT2D eigenvalue weighted by molar-refractivity contribution is -0.184. The Balaban J connectivity index is 1.64. The molecule has 0 spiro atoms. The maximum atomic E-state index is 14.0. The average Bonchev–Trinajstić information content (AvgIpc) is 3.35. The molecule has 1 aliphatic rings. The van der Waals surface area contributed by atoms with E-state index in [1.54, 1.807) is 22.8 Å². The van der Waals surface area contributed by atoms with Crippen LogP contribution in [0, 0.1) is 5.92 Å². The van der Waals surface area contributed by atoms with Gasteiger partial charge >= 0.3 is 6.18 Å². The number of phenolic OH excluding ortho intramolecular Hbond substituents is 1. The number of nitrogens with zero attached hydrogens (tertiary/aromatic N) is 3. The van der Waals surface area contributed by atoms with E-state index >= 15 is 0 Å². The number of aliphatic imine (C=N–C) groups is 1. The summed E-state index contributed by atoms with van der Waals surface area (Å²) in [5.74, 6) is -1.20. The second-order valence-electron chi connectivity index (χ2n) is 9.70. The second-order valence-corrected chi connectivity index (χ2v) is 9.70. The SMILES string of the molecule is CCc1cc(O)ccc1N=C(N)c1cnn2cc(-c3ccccc3)cc2c1N[C@@H]1CCCC[C@H]1C(F)(F)F. The van der Waals surface area contributed by atoms with Crippen LogP contribution >= 0.6 is 0 Å². The third-order valence-corrected chi connectivity index (χ3v) is 7.22. The van der Waals surface area contributed by atoms with Crippen molar-refractivity contribution in [2.45, 2.75) is 51.2 Å². The van der Waals surface area contributed by atoms with E-state index in [1.165, 1.54) is 6.07 Å². The summed E-state index contributed by atoms with van der Waals surface area (Å²) in [4.78, 5) is 4.61. The van der Waals surface area contributed by atoms with E-state index in [0.29, 0.717) is 48.1 Å². The zero-order valence-corrected chi connectivity index (χ0v) is 21.0. The average molecular weight is 522 g/mol. The number of nitrogens with one attached hydrogen (secondary N) is 1. The second kappa shape index (κ2) is 10.4. The molecule has 0 unspecified atom stereocenters. The number of benzene rings is 2. The van der Waals surface area contributed by atoms with E-state index in [2.05, 4.69) is 15.4 Å². The van der Waals surface area contributed by atoms with Gasteiger partial charge in [-0.05, 0) is 54.7 Å². The molecule has 1 aliphatic carbocycles. The Morgan fingerprint density at radius 1 is 1.11 bits per heavy atom. The van der Waals surface area contributed by atoms with Crippen molar-refractivity contribution in [3.63, 3.8) is 0 Å². The molecular formula is C29H30F3N5O. The Kier molecular flexibility index (Phi) is 7.01. The minimum Gasteiger partial charge on any atom is -0.508 e. The first-order chi connectivity index (χ1) is 18.2. The molecule has 0 radical (unpaired) electrons. The van der Waals surface area contributed by atoms with E-state index in [1.807, 2.05) is 49.5 Å². The fourth-order valence-electron chi connectivity index (χ4n) is 5.23. The quantitative estimate of drug-likeness (QED) is 0.192. The molecule has 0 amide bonds. The summed E-state index contributed by atoms with van der Waals surface area (Å²) >= 11 is 0. The molecule has 2 heterocycles. The number of nitrogens with two attached hydrogens (primary N) is 1. The number of hydrogen-bond donors (Lipinski definition) is 3. The summed E-state index contributed by atoms with van der Waals surface area (Å²) in [7, 11) is 0. The van der Waals surface area contributed by atoms with Crippen LogP contribution in [0.1, 0.15) is 43.7 Å². The normalized spacial score (nSPS) is 18.6. The van der Waals surface area contributed by atoms with Crippen molar-refractivity contribution < 1.29 is 18.3 Å². The van der Waals surface area contributed by atoms with Crippen LogP contribution in [0.4, 0.5) is 24.5 Å². The Hall–Kier alpha value is -4.01. The van der Waals surface area contributed by atoms with Gasteiger partial charge in [0.15, 0.2) is 0 Å². The lowest BCUT2D eigenvalue weighted by Crippen LogP contribution is -2.41. The molecule has 4 N–H and O–H groups in total. The number of fused-ring (bicyclic) bond motifs is 1. The number of anilines is 1. The summed E-state index contributed by atoms with van der Waals surface area (Å²) in [6.07, 6.45) is 1.47. The van der Waals surface area contributed by atoms with Crippen LogP contribution in [-0.2, 0) is 6.42 Å². The summed E-state index contributed by atoms with van der Waals surface area (Å²) in [6, 6.07) is 15.7. The predicted molar refractivity (Wildman–Crippen MR) is 144 cm³/mol. The highest BCUT2D eigenvalue weighted by Crippen LogP contribution is 2.40. The lowest BCUT2D eigenvalue weighted by Gasteiger charge is -2.34. The van der Waals surface area contributed by atoms with Crippen molar-refractivity contribution in [3.05, 3.63) is 78.1 Å². The van der Waals surface area contributed by atoms with E-state index in [0.717, 1.165) is 16.7 Å². The zero-order valence-electron chi connectivity index (χ0n) is 21.0. The van der Waals surface area contributed by atoms with Crippen molar-refractivity contribution in [1.82, 2.24) is 9.61 Å². The van der Waals surface area contributed by atoms with Crippen molar-refractivity contribution in [3.8, 4) is 16.9 Å². The van der Waals surface area contributed by atoms with Crippen LogP contribution in [0.25, 0.3) is 16.6 Å². The summed E-state index contributed by atoms with van der Waals surface area (Å²) in [5.41, 5.74) is 11.3. The van der Waals surface area contributed by atoms with Crippen LogP contribution in [0.2, 0.25) is 0 Å². The van der Waals surface area contributed by atoms with Crippen LogP contribution in [0.3, 0.4) is 0 Å². The molecule has 2 aromatic carbocycles. The topological polar surface area (TPSA) is 87.9 Å². The number of halogens is 3. The molecule has 0 aliphatic heterocycles. The highest BCUT2D eigenvalue weighted by molar-refractivity contribution is 6.06. The smallest absolute Gasteiger partial charge is 0.393 e. The van der Waals surface area contributed by atoms with Gasteiger partial charge in [0.25, 0.3) is 0 Å². The molecule has 1 saturated carbocycles. The van der Waals surface area contributed by atoms with Crippen LogP contribution < -0.4 is 11.1 Å². The van der Waals surface area contributed by atoms with E-state index < -0.39 is 18.1 Å². The van der Waals surface area contributed by atoms with Gasteiger partial charge in [-0.2, -0.15) is 18.3 Å². The molecule has 2 aromatic heterocycles. The van der Waals surface area contributed by atoms with Crippen molar-refractivity contribution >= 4 is 22.7 Å². The molecule has 9 heteroatoms. The van der Waals surface area contributed by atoms with Crippen molar-refractivity contribution in [2.75, 3.05) is 5.32 Å². The standard InChI is InChI=1S/C29H30F3N5O/c1-2-18-14-21(38)12-13-24(18)36-28(33)22-16-34-37-17-20(19-8-4-3-5-9-19)15-26(37)27(22)35-25-11-7-6-10-23(25)29(30,31)32/h3-5,8-9,12-17,23,25,35,38H,2,6-7,10-11H2,1H3,(H2,33,36)/t23-,25-/m1/s1. The van der Waals surface area contributed by atoms with Gasteiger partial charge in [-0.3, -0.25) is 0 Å². The van der Waals surface area contributed by atoms with E-state index in [9.17, 15) is 18.3 Å². The molecule has 1 fully saturated rings. The van der Waals surface area contributed by atoms with Crippen molar-refractivity contribution in [1.29, 1.82) is 0 Å². The first-order valence-corrected chi connectivity index (χ1v) is 12.8. The number of aromatic nitrogens is 2. The van der Waals surface area contributed by atoms with Gasteiger partial charge in [-0.25, -0.2) is 9.51 Å². The van der Waals surface area contributed by atoms with E-state index in [-0.39, 0.29) is 18.0 Å².